The van der Waals surface area contributed by atoms with Crippen molar-refractivity contribution >= 4 is 17.4 Å². The Morgan fingerprint density at radius 3 is 3.20 bits per heavy atom. The molecule has 2 heterocycles. The first-order chi connectivity index (χ1) is 7.27. The minimum Gasteiger partial charge on any atom is -0.357 e. The van der Waals surface area contributed by atoms with Crippen LogP contribution in [-0.4, -0.2) is 31.2 Å². The van der Waals surface area contributed by atoms with Crippen molar-refractivity contribution in [1.29, 1.82) is 0 Å². The van der Waals surface area contributed by atoms with Gasteiger partial charge in [0.15, 0.2) is 0 Å². The van der Waals surface area contributed by atoms with E-state index in [0.717, 1.165) is 23.9 Å². The van der Waals surface area contributed by atoms with Gasteiger partial charge in [-0.05, 0) is 31.5 Å². The lowest BCUT2D eigenvalue weighted by atomic mass is 10.2. The lowest BCUT2D eigenvalue weighted by molar-refractivity contribution is 0.597. The molecule has 0 saturated carbocycles. The van der Waals surface area contributed by atoms with Crippen LogP contribution in [0.5, 0.6) is 0 Å². The number of aromatic nitrogens is 1. The van der Waals surface area contributed by atoms with Crippen LogP contribution in [0.1, 0.15) is 12.8 Å². The van der Waals surface area contributed by atoms with Crippen LogP contribution in [0.3, 0.4) is 0 Å². The molecule has 0 spiro atoms. The van der Waals surface area contributed by atoms with E-state index < -0.39 is 0 Å². The topological polar surface area (TPSA) is 28.2 Å². The van der Waals surface area contributed by atoms with Crippen LogP contribution in [-0.2, 0) is 0 Å². The first-order valence-corrected chi connectivity index (χ1v) is 5.70. The van der Waals surface area contributed by atoms with Gasteiger partial charge in [-0.1, -0.05) is 11.6 Å². The van der Waals surface area contributed by atoms with Gasteiger partial charge in [-0.2, -0.15) is 0 Å². The highest BCUT2D eigenvalue weighted by Crippen LogP contribution is 2.21. The first kappa shape index (κ1) is 10.7. The summed E-state index contributed by atoms with van der Waals surface area (Å²) in [7, 11) is 2.04. The number of rotatable bonds is 3. The summed E-state index contributed by atoms with van der Waals surface area (Å²) < 4.78 is 0. The van der Waals surface area contributed by atoms with Gasteiger partial charge in [-0.15, -0.1) is 0 Å². The highest BCUT2D eigenvalue weighted by Gasteiger charge is 2.17. The van der Waals surface area contributed by atoms with E-state index in [1.807, 2.05) is 19.2 Å². The van der Waals surface area contributed by atoms with E-state index in [-0.39, 0.29) is 0 Å². The van der Waals surface area contributed by atoms with E-state index in [1.54, 1.807) is 6.20 Å². The Morgan fingerprint density at radius 1 is 1.67 bits per heavy atom. The van der Waals surface area contributed by atoms with Crippen molar-refractivity contribution in [3.63, 3.8) is 0 Å². The third kappa shape index (κ3) is 2.61. The maximum atomic E-state index is 6.08. The molecule has 1 atom stereocenters. The molecule has 2 rings (SSSR count). The summed E-state index contributed by atoms with van der Waals surface area (Å²) in [6.45, 7) is 2.10. The number of halogens is 1. The Kier molecular flexibility index (Phi) is 3.44. The average molecular weight is 226 g/mol. The molecule has 1 saturated heterocycles. The van der Waals surface area contributed by atoms with Gasteiger partial charge in [0.2, 0.25) is 0 Å². The van der Waals surface area contributed by atoms with Crippen molar-refractivity contribution < 1.29 is 0 Å². The van der Waals surface area contributed by atoms with E-state index in [0.29, 0.717) is 6.04 Å². The lowest BCUT2D eigenvalue weighted by Crippen LogP contribution is -2.35. The smallest absolute Gasteiger partial charge is 0.147 e. The summed E-state index contributed by atoms with van der Waals surface area (Å²) >= 11 is 6.08. The zero-order valence-electron chi connectivity index (χ0n) is 8.91. The van der Waals surface area contributed by atoms with Gasteiger partial charge in [0.25, 0.3) is 0 Å². The van der Waals surface area contributed by atoms with Crippen molar-refractivity contribution in [2.45, 2.75) is 18.9 Å². The largest absolute Gasteiger partial charge is 0.357 e. The second kappa shape index (κ2) is 4.81. The molecule has 0 amide bonds. The molecule has 1 fully saturated rings. The van der Waals surface area contributed by atoms with Crippen molar-refractivity contribution in [3.05, 3.63) is 23.4 Å². The molecule has 1 N–H and O–H groups in total. The third-order valence-electron chi connectivity index (χ3n) is 2.76. The number of nitrogens with zero attached hydrogens (tertiary/aromatic N) is 2. The second-order valence-electron chi connectivity index (χ2n) is 3.98. The third-order valence-corrected chi connectivity index (χ3v) is 3.05. The van der Waals surface area contributed by atoms with Gasteiger partial charge in [0.1, 0.15) is 5.82 Å². The van der Waals surface area contributed by atoms with Gasteiger partial charge in [0.05, 0.1) is 5.02 Å². The zero-order chi connectivity index (χ0) is 10.7. The summed E-state index contributed by atoms with van der Waals surface area (Å²) in [6, 6.07) is 4.31. The normalized spacial score (nSPS) is 20.5. The predicted molar refractivity (Wildman–Crippen MR) is 63.5 cm³/mol. The second-order valence-corrected chi connectivity index (χ2v) is 4.39. The summed E-state index contributed by atoms with van der Waals surface area (Å²) in [5.74, 6) is 0.868. The Balaban J connectivity index is 2.00. The summed E-state index contributed by atoms with van der Waals surface area (Å²) in [6.07, 6.45) is 4.29. The van der Waals surface area contributed by atoms with Crippen LogP contribution in [0.15, 0.2) is 18.3 Å². The molecule has 0 unspecified atom stereocenters. The molecule has 1 aromatic heterocycles. The average Bonchev–Trinajstić information content (AvgIpc) is 2.71. The van der Waals surface area contributed by atoms with Crippen molar-refractivity contribution in [3.8, 4) is 0 Å². The van der Waals surface area contributed by atoms with E-state index in [2.05, 4.69) is 15.2 Å². The van der Waals surface area contributed by atoms with E-state index in [9.17, 15) is 0 Å². The van der Waals surface area contributed by atoms with Crippen LogP contribution in [0.2, 0.25) is 5.02 Å². The Labute approximate surface area is 95.4 Å². The first-order valence-electron chi connectivity index (χ1n) is 5.32. The summed E-state index contributed by atoms with van der Waals surface area (Å²) in [4.78, 5) is 6.40. The molecule has 1 aliphatic rings. The van der Waals surface area contributed by atoms with Gasteiger partial charge in [0, 0.05) is 25.8 Å². The fraction of sp³-hybridized carbons (Fsp3) is 0.545. The number of pyridine rings is 1. The summed E-state index contributed by atoms with van der Waals surface area (Å²) in [5, 5.41) is 4.18. The number of hydrogen-bond acceptors (Lipinski definition) is 3. The minimum atomic E-state index is 0.577. The van der Waals surface area contributed by atoms with Gasteiger partial charge in [-0.25, -0.2) is 4.98 Å². The molecule has 82 valence electrons. The van der Waals surface area contributed by atoms with Crippen LogP contribution in [0.4, 0.5) is 5.82 Å². The van der Waals surface area contributed by atoms with Crippen LogP contribution >= 0.6 is 11.6 Å². The predicted octanol–water partition coefficient (Wildman–Crippen LogP) is 1.92. The monoisotopic (exact) mass is 225 g/mol. The fourth-order valence-electron chi connectivity index (χ4n) is 1.99. The molecule has 0 bridgehead atoms. The number of anilines is 1. The Morgan fingerprint density at radius 2 is 2.53 bits per heavy atom. The van der Waals surface area contributed by atoms with Crippen molar-refractivity contribution in [2.75, 3.05) is 25.0 Å². The molecule has 0 aromatic carbocycles. The number of likely N-dealkylation sites (N-methyl/N-ethyl adjacent to an activating group) is 1. The molecule has 15 heavy (non-hydrogen) atoms. The minimum absolute atomic E-state index is 0.577. The SMILES string of the molecule is CN(C[C@H]1CCCN1)c1ncccc1Cl. The zero-order valence-corrected chi connectivity index (χ0v) is 9.67. The molecule has 0 aliphatic carbocycles. The van der Waals surface area contributed by atoms with Crippen molar-refractivity contribution in [2.24, 2.45) is 0 Å². The maximum absolute atomic E-state index is 6.08. The fourth-order valence-corrected chi connectivity index (χ4v) is 2.25. The molecule has 4 heteroatoms. The molecule has 0 radical (unpaired) electrons. The summed E-state index contributed by atoms with van der Waals surface area (Å²) in [5.41, 5.74) is 0. The van der Waals surface area contributed by atoms with Crippen LogP contribution in [0, 0.1) is 0 Å². The molecular weight excluding hydrogens is 210 g/mol. The van der Waals surface area contributed by atoms with Crippen LogP contribution in [0.25, 0.3) is 0 Å². The van der Waals surface area contributed by atoms with E-state index in [1.165, 1.54) is 12.8 Å². The van der Waals surface area contributed by atoms with Crippen molar-refractivity contribution in [1.82, 2.24) is 10.3 Å². The molecular formula is C11H16ClN3. The quantitative estimate of drug-likeness (QED) is 0.852. The molecule has 1 aromatic rings. The Hall–Kier alpha value is -0.800. The van der Waals surface area contributed by atoms with Gasteiger partial charge < -0.3 is 10.2 Å². The highest BCUT2D eigenvalue weighted by atomic mass is 35.5. The standard InChI is InChI=1S/C11H16ClN3/c1-15(8-9-4-2-6-13-9)11-10(12)5-3-7-14-11/h3,5,7,9,13H,2,4,6,8H2,1H3/t9-/m1/s1. The number of nitrogens with one attached hydrogen (secondary N) is 1. The lowest BCUT2D eigenvalue weighted by Gasteiger charge is -2.22. The Bertz CT molecular complexity index is 323. The van der Waals surface area contributed by atoms with Gasteiger partial charge in [-0.3, -0.25) is 0 Å². The number of hydrogen-bond donors (Lipinski definition) is 1. The highest BCUT2D eigenvalue weighted by molar-refractivity contribution is 6.32. The van der Waals surface area contributed by atoms with E-state index >= 15 is 0 Å². The van der Waals surface area contributed by atoms with Gasteiger partial charge >= 0.3 is 0 Å². The maximum Gasteiger partial charge on any atom is 0.147 e. The molecule has 3 nitrogen and oxygen atoms in total. The van der Waals surface area contributed by atoms with Crippen LogP contribution < -0.4 is 10.2 Å². The van der Waals surface area contributed by atoms with E-state index in [4.69, 9.17) is 11.6 Å². The molecule has 1 aliphatic heterocycles.